The van der Waals surface area contributed by atoms with Crippen molar-refractivity contribution in [2.45, 2.75) is 6.92 Å². The highest BCUT2D eigenvalue weighted by Crippen LogP contribution is 2.25. The fourth-order valence-corrected chi connectivity index (χ4v) is 2.44. The van der Waals surface area contributed by atoms with Gasteiger partial charge in [0.1, 0.15) is 0 Å². The van der Waals surface area contributed by atoms with Gasteiger partial charge in [-0.05, 0) is 57.8 Å². The third-order valence-electron chi connectivity index (χ3n) is 3.56. The first-order valence-electron chi connectivity index (χ1n) is 6.48. The first-order chi connectivity index (χ1) is 9.28. The maximum Gasteiger partial charge on any atom is 0.0618 e. The van der Waals surface area contributed by atoms with Crippen LogP contribution in [0.5, 0.6) is 0 Å². The molecule has 0 spiro atoms. The first-order valence-corrected chi connectivity index (χ1v) is 6.48. The minimum atomic E-state index is 0.0849. The van der Waals surface area contributed by atoms with Gasteiger partial charge in [0.15, 0.2) is 0 Å². The molecule has 0 amide bonds. The molecular formula is C18H16O. The molecule has 1 nitrogen and oxygen atoms in total. The number of fused-ring (bicyclic) bond motifs is 2. The zero-order chi connectivity index (χ0) is 13.2. The minimum absolute atomic E-state index is 0.0849. The van der Waals surface area contributed by atoms with Crippen LogP contribution >= 0.6 is 0 Å². The van der Waals surface area contributed by atoms with E-state index >= 15 is 0 Å². The Balaban J connectivity index is 2.22. The highest BCUT2D eigenvalue weighted by molar-refractivity contribution is 5.99. The van der Waals surface area contributed by atoms with E-state index in [0.29, 0.717) is 0 Å². The van der Waals surface area contributed by atoms with Gasteiger partial charge in [-0.25, -0.2) is 0 Å². The van der Waals surface area contributed by atoms with Gasteiger partial charge in [0.05, 0.1) is 6.61 Å². The summed E-state index contributed by atoms with van der Waals surface area (Å²) in [6.07, 6.45) is 1.84. The van der Waals surface area contributed by atoms with Crippen LogP contribution in [0.15, 0.2) is 60.7 Å². The molecule has 0 aromatic heterocycles. The van der Waals surface area contributed by atoms with Crippen molar-refractivity contribution in [2.75, 3.05) is 6.61 Å². The van der Waals surface area contributed by atoms with Gasteiger partial charge >= 0.3 is 0 Å². The van der Waals surface area contributed by atoms with E-state index in [2.05, 4.69) is 54.6 Å². The van der Waals surface area contributed by atoms with Crippen LogP contribution in [0.4, 0.5) is 0 Å². The smallest absolute Gasteiger partial charge is 0.0618 e. The molecule has 0 aliphatic carbocycles. The quantitative estimate of drug-likeness (QED) is 0.667. The minimum Gasteiger partial charge on any atom is -0.392 e. The lowest BCUT2D eigenvalue weighted by molar-refractivity contribution is 0.343. The van der Waals surface area contributed by atoms with Gasteiger partial charge in [-0.1, -0.05) is 42.5 Å². The van der Waals surface area contributed by atoms with Crippen LogP contribution in [-0.2, 0) is 0 Å². The van der Waals surface area contributed by atoms with Crippen molar-refractivity contribution in [2.24, 2.45) is 0 Å². The summed E-state index contributed by atoms with van der Waals surface area (Å²) in [5.41, 5.74) is 2.27. The van der Waals surface area contributed by atoms with Crippen LogP contribution < -0.4 is 0 Å². The summed E-state index contributed by atoms with van der Waals surface area (Å²) in [5.74, 6) is 0. The summed E-state index contributed by atoms with van der Waals surface area (Å²) < 4.78 is 0. The van der Waals surface area contributed by atoms with Crippen molar-refractivity contribution in [3.8, 4) is 0 Å². The molecule has 1 N–H and O–H groups in total. The van der Waals surface area contributed by atoms with Crippen LogP contribution in [0.2, 0.25) is 0 Å². The fraction of sp³-hybridized carbons (Fsp3) is 0.111. The maximum atomic E-state index is 8.98. The molecule has 3 aromatic rings. The maximum absolute atomic E-state index is 8.98. The van der Waals surface area contributed by atoms with E-state index in [1.807, 2.05) is 13.0 Å². The van der Waals surface area contributed by atoms with Gasteiger partial charge < -0.3 is 5.11 Å². The standard InChI is InChI=1S/C18H16O/c1-13(8-9-19)14-6-7-17-11-15-4-2-3-5-16(15)12-18(17)10-14/h2-8,10-12,19H,9H2,1H3/b13-8+. The van der Waals surface area contributed by atoms with E-state index in [0.717, 1.165) is 11.1 Å². The number of aliphatic hydroxyl groups excluding tert-OH is 1. The molecule has 3 rings (SSSR count). The van der Waals surface area contributed by atoms with Crippen LogP contribution in [-0.4, -0.2) is 11.7 Å². The van der Waals surface area contributed by atoms with Gasteiger partial charge in [0.25, 0.3) is 0 Å². The Labute approximate surface area is 112 Å². The van der Waals surface area contributed by atoms with E-state index in [4.69, 9.17) is 5.11 Å². The molecule has 0 saturated heterocycles. The summed E-state index contributed by atoms with van der Waals surface area (Å²) in [4.78, 5) is 0. The highest BCUT2D eigenvalue weighted by atomic mass is 16.2. The number of hydrogen-bond donors (Lipinski definition) is 1. The number of hydrogen-bond acceptors (Lipinski definition) is 1. The van der Waals surface area contributed by atoms with Gasteiger partial charge in [0.2, 0.25) is 0 Å². The van der Waals surface area contributed by atoms with Crippen molar-refractivity contribution in [3.63, 3.8) is 0 Å². The Morgan fingerprint density at radius 2 is 1.53 bits per heavy atom. The highest BCUT2D eigenvalue weighted by Gasteiger charge is 2.00. The Kier molecular flexibility index (Phi) is 3.06. The second-order valence-corrected chi connectivity index (χ2v) is 4.83. The normalized spacial score (nSPS) is 12.2. The van der Waals surface area contributed by atoms with Gasteiger partial charge in [-0.15, -0.1) is 0 Å². The van der Waals surface area contributed by atoms with Gasteiger partial charge in [-0.2, -0.15) is 0 Å². The van der Waals surface area contributed by atoms with E-state index in [-0.39, 0.29) is 6.61 Å². The Morgan fingerprint density at radius 1 is 0.895 bits per heavy atom. The van der Waals surface area contributed by atoms with Crippen molar-refractivity contribution < 1.29 is 5.11 Å². The van der Waals surface area contributed by atoms with Crippen LogP contribution in [0.1, 0.15) is 12.5 Å². The van der Waals surface area contributed by atoms with Crippen molar-refractivity contribution >= 4 is 27.1 Å². The lowest BCUT2D eigenvalue weighted by Gasteiger charge is -2.06. The summed E-state index contributed by atoms with van der Waals surface area (Å²) >= 11 is 0. The summed E-state index contributed by atoms with van der Waals surface area (Å²) in [6, 6.07) is 19.3. The topological polar surface area (TPSA) is 20.2 Å². The Bertz CT molecular complexity index is 769. The molecule has 0 heterocycles. The van der Waals surface area contributed by atoms with Crippen LogP contribution in [0, 0.1) is 0 Å². The van der Waals surface area contributed by atoms with Crippen LogP contribution in [0.3, 0.4) is 0 Å². The molecule has 0 unspecified atom stereocenters. The van der Waals surface area contributed by atoms with Gasteiger partial charge in [0, 0.05) is 0 Å². The second-order valence-electron chi connectivity index (χ2n) is 4.83. The molecule has 1 heteroatoms. The zero-order valence-electron chi connectivity index (χ0n) is 10.9. The predicted molar refractivity (Wildman–Crippen MR) is 82.2 cm³/mol. The number of allylic oxidation sites excluding steroid dienone is 1. The number of benzene rings is 3. The first kappa shape index (κ1) is 11.9. The SMILES string of the molecule is C/C(=C\CO)c1ccc2cc3ccccc3cc2c1. The number of rotatable bonds is 2. The van der Waals surface area contributed by atoms with Crippen molar-refractivity contribution in [3.05, 3.63) is 66.2 Å². The largest absolute Gasteiger partial charge is 0.392 e. The number of aliphatic hydroxyl groups is 1. The van der Waals surface area contributed by atoms with E-state index in [9.17, 15) is 0 Å². The molecular weight excluding hydrogens is 232 g/mol. The molecule has 94 valence electrons. The molecule has 0 atom stereocenters. The van der Waals surface area contributed by atoms with E-state index in [1.54, 1.807) is 0 Å². The molecule has 0 bridgehead atoms. The van der Waals surface area contributed by atoms with Crippen molar-refractivity contribution in [1.29, 1.82) is 0 Å². The summed E-state index contributed by atoms with van der Waals surface area (Å²) in [5, 5.41) is 14.0. The van der Waals surface area contributed by atoms with Crippen molar-refractivity contribution in [1.82, 2.24) is 0 Å². The molecule has 0 aliphatic rings. The summed E-state index contributed by atoms with van der Waals surface area (Å²) in [6.45, 7) is 2.11. The molecule has 19 heavy (non-hydrogen) atoms. The lowest BCUT2D eigenvalue weighted by atomic mass is 9.99. The third kappa shape index (κ3) is 2.25. The lowest BCUT2D eigenvalue weighted by Crippen LogP contribution is -1.84. The van der Waals surface area contributed by atoms with E-state index < -0.39 is 0 Å². The Hall–Kier alpha value is -2.12. The average Bonchev–Trinajstić information content (AvgIpc) is 2.44. The fourth-order valence-electron chi connectivity index (χ4n) is 2.44. The molecule has 0 radical (unpaired) electrons. The Morgan fingerprint density at radius 3 is 2.21 bits per heavy atom. The van der Waals surface area contributed by atoms with Gasteiger partial charge in [-0.3, -0.25) is 0 Å². The third-order valence-corrected chi connectivity index (χ3v) is 3.56. The predicted octanol–water partition coefficient (Wildman–Crippen LogP) is 4.39. The molecule has 3 aromatic carbocycles. The zero-order valence-corrected chi connectivity index (χ0v) is 10.9. The molecule has 0 aliphatic heterocycles. The summed E-state index contributed by atoms with van der Waals surface area (Å²) in [7, 11) is 0. The monoisotopic (exact) mass is 248 g/mol. The molecule has 0 saturated carbocycles. The van der Waals surface area contributed by atoms with E-state index in [1.165, 1.54) is 21.5 Å². The average molecular weight is 248 g/mol. The molecule has 0 fully saturated rings. The second kappa shape index (κ2) is 4.87. The van der Waals surface area contributed by atoms with Crippen LogP contribution in [0.25, 0.3) is 27.1 Å².